The maximum atomic E-state index is 12.9. The van der Waals surface area contributed by atoms with E-state index in [4.69, 9.17) is 9.47 Å². The molecule has 1 aliphatic heterocycles. The summed E-state index contributed by atoms with van der Waals surface area (Å²) >= 11 is 0. The summed E-state index contributed by atoms with van der Waals surface area (Å²) in [6.07, 6.45) is 11.3. The lowest BCUT2D eigenvalue weighted by molar-refractivity contribution is -0.130. The molecule has 0 spiro atoms. The number of methoxy groups -OCH3 is 1. The Morgan fingerprint density at radius 1 is 1.19 bits per heavy atom. The fraction of sp³-hybridized carbons (Fsp3) is 0.593. The number of carbonyl (C=O) groups excluding carboxylic acids is 1. The molecule has 1 N–H and O–H groups in total. The van der Waals surface area contributed by atoms with Gasteiger partial charge in [-0.1, -0.05) is 39.0 Å². The van der Waals surface area contributed by atoms with Crippen molar-refractivity contribution in [2.75, 3.05) is 33.4 Å². The number of allylic oxidation sites excluding steroid dienone is 2. The van der Waals surface area contributed by atoms with Gasteiger partial charge in [-0.2, -0.15) is 0 Å². The summed E-state index contributed by atoms with van der Waals surface area (Å²) in [5.74, 6) is 1.80. The monoisotopic (exact) mass is 442 g/mol. The molecule has 0 unspecified atom stereocenters. The van der Waals surface area contributed by atoms with Gasteiger partial charge in [0.1, 0.15) is 11.5 Å². The van der Waals surface area contributed by atoms with Gasteiger partial charge in [0.25, 0.3) is 0 Å². The Morgan fingerprint density at radius 2 is 1.84 bits per heavy atom. The van der Waals surface area contributed by atoms with Crippen molar-refractivity contribution in [2.24, 2.45) is 5.41 Å². The summed E-state index contributed by atoms with van der Waals surface area (Å²) in [6.45, 7) is 12.0. The molecule has 32 heavy (non-hydrogen) atoms. The van der Waals surface area contributed by atoms with Crippen molar-refractivity contribution in [2.45, 2.75) is 65.8 Å². The fourth-order valence-corrected chi connectivity index (χ4v) is 4.03. The molecule has 1 aliphatic rings. The predicted molar refractivity (Wildman–Crippen MR) is 132 cm³/mol. The molecule has 0 atom stereocenters. The van der Waals surface area contributed by atoms with Gasteiger partial charge in [0.05, 0.1) is 13.7 Å². The fourth-order valence-electron chi connectivity index (χ4n) is 4.03. The number of benzene rings is 1. The number of hydrogen-bond donors (Lipinski definition) is 1. The van der Waals surface area contributed by atoms with Gasteiger partial charge in [0, 0.05) is 31.1 Å². The highest BCUT2D eigenvalue weighted by atomic mass is 16.5. The molecule has 1 fully saturated rings. The molecule has 5 nitrogen and oxygen atoms in total. The summed E-state index contributed by atoms with van der Waals surface area (Å²) < 4.78 is 11.0. The number of hydrogen-bond acceptors (Lipinski definition) is 4. The van der Waals surface area contributed by atoms with Gasteiger partial charge < -0.3 is 14.8 Å². The topological polar surface area (TPSA) is 50.8 Å². The number of rotatable bonds is 12. The summed E-state index contributed by atoms with van der Waals surface area (Å²) in [5.41, 5.74) is 0.985. The minimum absolute atomic E-state index is 0.154. The van der Waals surface area contributed by atoms with E-state index in [1.54, 1.807) is 7.11 Å². The Balaban J connectivity index is 1.70. The van der Waals surface area contributed by atoms with Crippen LogP contribution in [-0.4, -0.2) is 50.2 Å². The van der Waals surface area contributed by atoms with Crippen LogP contribution in [0.5, 0.6) is 11.5 Å². The quantitative estimate of drug-likeness (QED) is 0.349. The summed E-state index contributed by atoms with van der Waals surface area (Å²) in [7, 11) is 1.65. The van der Waals surface area contributed by atoms with Crippen LogP contribution in [0.4, 0.5) is 0 Å². The van der Waals surface area contributed by atoms with Crippen LogP contribution in [0.3, 0.4) is 0 Å². The maximum Gasteiger partial charge on any atom is 0.225 e. The molecule has 178 valence electrons. The first kappa shape index (κ1) is 26.0. The molecule has 2 rings (SSSR count). The highest BCUT2D eigenvalue weighted by Gasteiger charge is 2.30. The highest BCUT2D eigenvalue weighted by Crippen LogP contribution is 2.25. The van der Waals surface area contributed by atoms with Crippen LogP contribution < -0.4 is 14.8 Å². The van der Waals surface area contributed by atoms with Gasteiger partial charge in [-0.05, 0) is 68.9 Å². The average Bonchev–Trinajstić information content (AvgIpc) is 2.79. The standard InChI is InChI=1S/C27H42N2O3/c1-6-9-22(10-7-2)21-29-18-15-23(16-19-29)28-26(30)27(3,4)17-8-20-32-25-13-11-24(31-5)12-14-25/h6,9-14,23H,7-8,15-21H2,1-5H3,(H,28,30)/b9-6-,22-10+. The van der Waals surface area contributed by atoms with Crippen LogP contribution in [0.1, 0.15) is 59.8 Å². The summed E-state index contributed by atoms with van der Waals surface area (Å²) in [6, 6.07) is 7.86. The van der Waals surface area contributed by atoms with Crippen LogP contribution in [0.25, 0.3) is 0 Å². The normalized spacial score (nSPS) is 16.3. The molecular weight excluding hydrogens is 400 g/mol. The van der Waals surface area contributed by atoms with Gasteiger partial charge in [-0.25, -0.2) is 0 Å². The third kappa shape index (κ3) is 8.70. The zero-order valence-corrected chi connectivity index (χ0v) is 20.7. The van der Waals surface area contributed by atoms with Crippen LogP contribution in [0.2, 0.25) is 0 Å². The molecule has 0 aliphatic carbocycles. The molecule has 5 heteroatoms. The van der Waals surface area contributed by atoms with Crippen molar-refractivity contribution in [3.05, 3.63) is 48.1 Å². The van der Waals surface area contributed by atoms with Crippen LogP contribution in [0, 0.1) is 5.41 Å². The van der Waals surface area contributed by atoms with E-state index in [2.05, 4.69) is 42.3 Å². The number of piperidine rings is 1. The van der Waals surface area contributed by atoms with E-state index in [-0.39, 0.29) is 11.9 Å². The highest BCUT2D eigenvalue weighted by molar-refractivity contribution is 5.82. The van der Waals surface area contributed by atoms with Crippen LogP contribution >= 0.6 is 0 Å². The zero-order valence-electron chi connectivity index (χ0n) is 20.7. The molecule has 0 aromatic heterocycles. The average molecular weight is 443 g/mol. The molecule has 1 heterocycles. The second-order valence-corrected chi connectivity index (χ2v) is 9.22. The van der Waals surface area contributed by atoms with Crippen molar-refractivity contribution >= 4 is 5.91 Å². The first-order valence-electron chi connectivity index (χ1n) is 12.0. The van der Waals surface area contributed by atoms with Crippen molar-refractivity contribution in [1.29, 1.82) is 0 Å². The SMILES string of the molecule is C/C=C\C(=C/CC)CN1CCC(NC(=O)C(C)(C)CCCOc2ccc(OC)cc2)CC1. The van der Waals surface area contributed by atoms with E-state index >= 15 is 0 Å². The van der Waals surface area contributed by atoms with Crippen LogP contribution in [0.15, 0.2) is 48.1 Å². The third-order valence-electron chi connectivity index (χ3n) is 6.06. The molecule has 0 saturated carbocycles. The number of nitrogens with zero attached hydrogens (tertiary/aromatic N) is 1. The Kier molecular flexibility index (Phi) is 10.8. The lowest BCUT2D eigenvalue weighted by Gasteiger charge is -2.34. The Bertz CT molecular complexity index is 745. The molecule has 1 saturated heterocycles. The smallest absolute Gasteiger partial charge is 0.225 e. The van der Waals surface area contributed by atoms with Crippen molar-refractivity contribution < 1.29 is 14.3 Å². The maximum absolute atomic E-state index is 12.9. The van der Waals surface area contributed by atoms with Gasteiger partial charge in [0.15, 0.2) is 0 Å². The number of likely N-dealkylation sites (tertiary alicyclic amines) is 1. The van der Waals surface area contributed by atoms with E-state index in [1.165, 1.54) is 5.57 Å². The Hall–Kier alpha value is -2.27. The van der Waals surface area contributed by atoms with Crippen molar-refractivity contribution in [3.63, 3.8) is 0 Å². The minimum Gasteiger partial charge on any atom is -0.497 e. The second kappa shape index (κ2) is 13.3. The van der Waals surface area contributed by atoms with Crippen molar-refractivity contribution in [3.8, 4) is 11.5 Å². The van der Waals surface area contributed by atoms with Gasteiger partial charge in [-0.15, -0.1) is 0 Å². The molecule has 0 radical (unpaired) electrons. The predicted octanol–water partition coefficient (Wildman–Crippen LogP) is 5.37. The van der Waals surface area contributed by atoms with E-state index < -0.39 is 5.41 Å². The van der Waals surface area contributed by atoms with E-state index in [0.29, 0.717) is 6.61 Å². The zero-order chi connectivity index (χ0) is 23.4. The minimum atomic E-state index is -0.399. The van der Waals surface area contributed by atoms with E-state index in [9.17, 15) is 4.79 Å². The number of amides is 1. The number of nitrogens with one attached hydrogen (secondary N) is 1. The second-order valence-electron chi connectivity index (χ2n) is 9.22. The van der Waals surface area contributed by atoms with Gasteiger partial charge in [0.2, 0.25) is 5.91 Å². The van der Waals surface area contributed by atoms with E-state index in [1.807, 2.05) is 38.1 Å². The first-order valence-corrected chi connectivity index (χ1v) is 12.0. The molecule has 0 bridgehead atoms. The van der Waals surface area contributed by atoms with E-state index in [0.717, 1.165) is 63.2 Å². The third-order valence-corrected chi connectivity index (χ3v) is 6.06. The Labute approximate surface area is 194 Å². The van der Waals surface area contributed by atoms with Gasteiger partial charge >= 0.3 is 0 Å². The summed E-state index contributed by atoms with van der Waals surface area (Å²) in [4.78, 5) is 15.4. The molecule has 1 aromatic rings. The Morgan fingerprint density at radius 3 is 2.44 bits per heavy atom. The van der Waals surface area contributed by atoms with Crippen molar-refractivity contribution in [1.82, 2.24) is 10.2 Å². The lowest BCUT2D eigenvalue weighted by Crippen LogP contribution is -2.48. The van der Waals surface area contributed by atoms with Gasteiger partial charge in [-0.3, -0.25) is 9.69 Å². The lowest BCUT2D eigenvalue weighted by atomic mass is 9.86. The van der Waals surface area contributed by atoms with Crippen LogP contribution in [-0.2, 0) is 4.79 Å². The summed E-state index contributed by atoms with van der Waals surface area (Å²) in [5, 5.41) is 3.31. The largest absolute Gasteiger partial charge is 0.497 e. The number of carbonyl (C=O) groups is 1. The molecule has 1 aromatic carbocycles. The first-order chi connectivity index (χ1) is 15.4. The molecule has 1 amide bonds. The number of ether oxygens (including phenoxy) is 2. The molecular formula is C27H42N2O3.